The fourth-order valence-corrected chi connectivity index (χ4v) is 0.938. The summed E-state index contributed by atoms with van der Waals surface area (Å²) in [5.41, 5.74) is 4.84. The molecule has 14 heavy (non-hydrogen) atoms. The van der Waals surface area contributed by atoms with Crippen LogP contribution in [0, 0.1) is 27.7 Å². The van der Waals surface area contributed by atoms with Gasteiger partial charge < -0.3 is 35.8 Å². The molecule has 0 atom stereocenters. The van der Waals surface area contributed by atoms with Crippen LogP contribution in [0.2, 0.25) is 0 Å². The van der Waals surface area contributed by atoms with E-state index in [0.29, 0.717) is 0 Å². The number of aryl methyl sites for hydroxylation is 4. The maximum Gasteiger partial charge on any atom is 0.243 e. The van der Waals surface area contributed by atoms with Crippen molar-refractivity contribution in [2.45, 2.75) is 27.7 Å². The first-order chi connectivity index (χ1) is 4.61. The minimum Gasteiger partial charge on any atom is -1.00 e. The first-order valence-corrected chi connectivity index (χ1v) is 3.50. The number of halogens is 2. The largest absolute Gasteiger partial charge is 1.00 e. The minimum atomic E-state index is 0. The summed E-state index contributed by atoms with van der Waals surface area (Å²) in [7, 11) is 0. The summed E-state index contributed by atoms with van der Waals surface area (Å²) < 4.78 is 0. The molecule has 6 N–H and O–H groups in total. The predicted molar refractivity (Wildman–Crippen MR) is 45.7 cm³/mol. The van der Waals surface area contributed by atoms with E-state index < -0.39 is 0 Å². The molecule has 0 fully saturated rings. The number of hydrogen-bond donors (Lipinski definition) is 0. The Kier molecular flexibility index (Phi) is 15.3. The second-order valence-electron chi connectivity index (χ2n) is 2.75. The Bertz CT molecular complexity index is 220. The predicted octanol–water partition coefficient (Wildman–Crippen LogP) is -7.09. The van der Waals surface area contributed by atoms with Crippen LogP contribution in [0.5, 0.6) is 0 Å². The maximum atomic E-state index is 3.28. The molecule has 0 spiro atoms. The Hall–Kier alpha value is -0.420. The van der Waals surface area contributed by atoms with Gasteiger partial charge >= 0.3 is 0 Å². The van der Waals surface area contributed by atoms with Gasteiger partial charge in [-0.2, -0.15) is 0 Å². The van der Waals surface area contributed by atoms with Crippen molar-refractivity contribution >= 4 is 0 Å². The van der Waals surface area contributed by atoms with Gasteiger partial charge in [-0.15, -0.1) is 0 Å². The highest BCUT2D eigenvalue weighted by atomic mass is 35.5. The van der Waals surface area contributed by atoms with Gasteiger partial charge in [0.25, 0.3) is 0 Å². The highest BCUT2D eigenvalue weighted by Gasteiger charge is 2.12. The quantitative estimate of drug-likeness (QED) is 0.434. The summed E-state index contributed by atoms with van der Waals surface area (Å²) in [4.78, 5) is 6.55. The van der Waals surface area contributed by atoms with Gasteiger partial charge in [-0.1, -0.05) is 0 Å². The summed E-state index contributed by atoms with van der Waals surface area (Å²) in [6.45, 7) is 8.27. The lowest BCUT2D eigenvalue weighted by atomic mass is 10.3. The van der Waals surface area contributed by atoms with Crippen molar-refractivity contribution < 1.29 is 45.7 Å². The third-order valence-electron chi connectivity index (χ3n) is 1.88. The molecule has 0 aliphatic heterocycles. The van der Waals surface area contributed by atoms with Gasteiger partial charge in [-0.25, -0.2) is 9.97 Å². The van der Waals surface area contributed by atoms with Gasteiger partial charge in [0.05, 0.1) is 0 Å². The highest BCUT2D eigenvalue weighted by molar-refractivity contribution is 4.99. The molecule has 0 aliphatic rings. The van der Waals surface area contributed by atoms with Crippen molar-refractivity contribution in [3.05, 3.63) is 22.8 Å². The van der Waals surface area contributed by atoms with Gasteiger partial charge in [0.15, 0.2) is 0 Å². The van der Waals surface area contributed by atoms with Crippen LogP contribution < -0.4 is 34.8 Å². The van der Waals surface area contributed by atoms with Crippen LogP contribution in [0.15, 0.2) is 0 Å². The van der Waals surface area contributed by atoms with Crippen LogP contribution in [0.4, 0.5) is 0 Å². The minimum absolute atomic E-state index is 0. The van der Waals surface area contributed by atoms with Gasteiger partial charge in [0.2, 0.25) is 22.8 Å². The third kappa shape index (κ3) is 5.34. The number of H-pyrrole nitrogens is 2. The Morgan fingerprint density at radius 3 is 0.857 bits per heavy atom. The monoisotopic (exact) mass is 244 g/mol. The van der Waals surface area contributed by atoms with E-state index in [4.69, 9.17) is 0 Å². The molecule has 1 aromatic rings. The summed E-state index contributed by atoms with van der Waals surface area (Å²) >= 11 is 0. The summed E-state index contributed by atoms with van der Waals surface area (Å²) in [6.07, 6.45) is 0. The molecule has 0 saturated carbocycles. The van der Waals surface area contributed by atoms with E-state index in [-0.39, 0.29) is 35.8 Å². The van der Waals surface area contributed by atoms with Crippen molar-refractivity contribution in [1.82, 2.24) is 0 Å². The average molecular weight is 245 g/mol. The molecule has 0 amide bonds. The molecule has 1 rings (SSSR count). The highest BCUT2D eigenvalue weighted by Crippen LogP contribution is 1.94. The van der Waals surface area contributed by atoms with E-state index in [1.54, 1.807) is 0 Å². The van der Waals surface area contributed by atoms with E-state index in [9.17, 15) is 0 Å². The molecule has 0 unspecified atom stereocenters. The number of aromatic nitrogens is 2. The third-order valence-corrected chi connectivity index (χ3v) is 1.88. The first-order valence-electron chi connectivity index (χ1n) is 3.50. The first kappa shape index (κ1) is 23.4. The normalized spacial score (nSPS) is 7.14. The van der Waals surface area contributed by atoms with Crippen molar-refractivity contribution in [2.24, 2.45) is 0 Å². The van der Waals surface area contributed by atoms with Crippen LogP contribution in [0.25, 0.3) is 0 Å². The van der Waals surface area contributed by atoms with Crippen LogP contribution >= 0.6 is 0 Å². The van der Waals surface area contributed by atoms with Crippen LogP contribution in [-0.2, 0) is 0 Å². The van der Waals surface area contributed by atoms with Gasteiger partial charge in [0.1, 0.15) is 0 Å². The van der Waals surface area contributed by atoms with Crippen LogP contribution in [0.3, 0.4) is 0 Å². The topological polar surface area (TPSA) is 91.3 Å². The second-order valence-corrected chi connectivity index (χ2v) is 2.75. The van der Waals surface area contributed by atoms with Gasteiger partial charge in [-0.3, -0.25) is 0 Å². The molecule has 1 aromatic heterocycles. The molecular weight excluding hydrogens is 227 g/mol. The zero-order valence-electron chi connectivity index (χ0n) is 8.76. The molecule has 1 heterocycles. The molecule has 0 aliphatic carbocycles. The Balaban J connectivity index is -0.000000125. The molecule has 86 valence electrons. The molecule has 4 nitrogen and oxygen atoms in total. The van der Waals surface area contributed by atoms with Crippen molar-refractivity contribution in [2.75, 3.05) is 0 Å². The fraction of sp³-hybridized carbons (Fsp3) is 0.500. The maximum absolute atomic E-state index is 3.28. The lowest BCUT2D eigenvalue weighted by Crippen LogP contribution is -3.00. The Morgan fingerprint density at radius 2 is 0.714 bits per heavy atom. The number of nitrogens with one attached hydrogen (secondary N) is 2. The molecule has 0 bridgehead atoms. The van der Waals surface area contributed by atoms with Crippen molar-refractivity contribution in [1.29, 1.82) is 0 Å². The zero-order chi connectivity index (χ0) is 7.72. The lowest BCUT2D eigenvalue weighted by molar-refractivity contribution is -0.472. The average Bonchev–Trinajstić information content (AvgIpc) is 1.84. The summed E-state index contributed by atoms with van der Waals surface area (Å²) in [6, 6.07) is 0. The summed E-state index contributed by atoms with van der Waals surface area (Å²) in [5.74, 6) is 0. The Morgan fingerprint density at radius 1 is 0.571 bits per heavy atom. The molecule has 0 aromatic carbocycles. The standard InChI is InChI=1S/C8H12N2.2ClH.2H2O/c1-5-6(2)10-8(4)7(3)9-5;;;;/h1-4H3;2*1H;2*1H2. The van der Waals surface area contributed by atoms with Crippen molar-refractivity contribution in [3.63, 3.8) is 0 Å². The van der Waals surface area contributed by atoms with E-state index in [0.717, 1.165) is 0 Å². The zero-order valence-corrected chi connectivity index (χ0v) is 10.3. The second kappa shape index (κ2) is 9.15. The molecule has 0 radical (unpaired) electrons. The number of hydrogen-bond acceptors (Lipinski definition) is 0. The van der Waals surface area contributed by atoms with E-state index in [1.165, 1.54) is 22.8 Å². The van der Waals surface area contributed by atoms with E-state index in [1.807, 2.05) is 0 Å². The van der Waals surface area contributed by atoms with E-state index >= 15 is 0 Å². The van der Waals surface area contributed by atoms with Gasteiger partial charge in [0, 0.05) is 27.7 Å². The van der Waals surface area contributed by atoms with Crippen LogP contribution in [0.1, 0.15) is 22.8 Å². The molecule has 6 heteroatoms. The number of rotatable bonds is 0. The fourth-order valence-electron chi connectivity index (χ4n) is 0.938. The van der Waals surface area contributed by atoms with E-state index in [2.05, 4.69) is 37.7 Å². The lowest BCUT2D eigenvalue weighted by Gasteiger charge is -1.89. The van der Waals surface area contributed by atoms with Gasteiger partial charge in [-0.05, 0) is 0 Å². The van der Waals surface area contributed by atoms with Crippen molar-refractivity contribution in [3.8, 4) is 0 Å². The molecular formula is C8H18Cl2N2O2. The summed E-state index contributed by atoms with van der Waals surface area (Å²) in [5, 5.41) is 0. The molecule has 0 saturated heterocycles. The van der Waals surface area contributed by atoms with Crippen LogP contribution in [-0.4, -0.2) is 11.0 Å². The SMILES string of the molecule is Cc1[nH+]c(C)c(C)[nH+]c1C.O.O.[Cl-].[Cl-]. The Labute approximate surface area is 96.6 Å². The smallest absolute Gasteiger partial charge is 0.243 e. The number of aromatic amines is 2.